The van der Waals surface area contributed by atoms with Crippen LogP contribution in [-0.4, -0.2) is 17.1 Å². The van der Waals surface area contributed by atoms with Gasteiger partial charge in [-0.1, -0.05) is 46.5 Å². The molecular formula is C15H11I3NNaO4. The van der Waals surface area contributed by atoms with E-state index < -0.39 is 12.0 Å². The number of halogens is 3. The van der Waals surface area contributed by atoms with E-state index in [9.17, 15) is 9.90 Å². The molecule has 24 heavy (non-hydrogen) atoms. The number of carbonyl (C=O) groups is 1. The van der Waals surface area contributed by atoms with Crippen molar-refractivity contribution in [3.05, 3.63) is 49.1 Å². The van der Waals surface area contributed by atoms with E-state index in [0.29, 0.717) is 15.1 Å². The second kappa shape index (κ2) is 10.1. The van der Waals surface area contributed by atoms with Crippen LogP contribution in [0.5, 0.6) is 17.2 Å². The molecule has 0 bridgehead atoms. The van der Waals surface area contributed by atoms with E-state index in [1.807, 2.05) is 45.2 Å². The molecular weight excluding hydrogens is 662 g/mol. The number of benzene rings is 2. The maximum atomic E-state index is 11.6. The third-order valence-corrected chi connectivity index (χ3v) is 6.19. The molecule has 0 aromatic heterocycles. The Labute approximate surface area is 202 Å². The fraction of sp³-hybridized carbons (Fsp3) is 0.133. The molecule has 0 heterocycles. The zero-order chi connectivity index (χ0) is 17.1. The molecule has 0 aliphatic rings. The van der Waals surface area contributed by atoms with Crippen LogP contribution in [0.4, 0.5) is 0 Å². The van der Waals surface area contributed by atoms with Crippen molar-refractivity contribution in [1.82, 2.24) is 0 Å². The van der Waals surface area contributed by atoms with E-state index in [0.717, 1.165) is 9.13 Å². The van der Waals surface area contributed by atoms with Crippen LogP contribution in [-0.2, 0) is 4.79 Å². The second-order valence-electron chi connectivity index (χ2n) is 4.65. The van der Waals surface area contributed by atoms with Gasteiger partial charge in [0.2, 0.25) is 0 Å². The number of nitrogens with two attached hydrogens (primary N) is 1. The van der Waals surface area contributed by atoms with Gasteiger partial charge in [0.15, 0.2) is 0 Å². The van der Waals surface area contributed by atoms with Crippen LogP contribution < -0.4 is 45.1 Å². The van der Waals surface area contributed by atoms with Crippen molar-refractivity contribution >= 4 is 73.7 Å². The molecule has 1 unspecified atom stereocenters. The monoisotopic (exact) mass is 673 g/mol. The van der Waals surface area contributed by atoms with E-state index in [-0.39, 0.29) is 39.2 Å². The van der Waals surface area contributed by atoms with Crippen LogP contribution in [0.1, 0.15) is 9.49 Å². The van der Waals surface area contributed by atoms with Crippen LogP contribution in [0.15, 0.2) is 36.4 Å². The van der Waals surface area contributed by atoms with Crippen molar-refractivity contribution in [2.75, 3.05) is 0 Å². The number of ether oxygens (including phenoxy) is 1. The van der Waals surface area contributed by atoms with Gasteiger partial charge in [-0.2, -0.15) is 0 Å². The smallest absolute Gasteiger partial charge is 0.872 e. The van der Waals surface area contributed by atoms with Crippen molar-refractivity contribution < 1.29 is 49.3 Å². The number of alkyl halides is 1. The summed E-state index contributed by atoms with van der Waals surface area (Å²) in [6.07, 6.45) is 0. The minimum absolute atomic E-state index is 0. The average Bonchev–Trinajstić information content (AvgIpc) is 2.51. The number of aliphatic carboxylic acids is 1. The van der Waals surface area contributed by atoms with Gasteiger partial charge < -0.3 is 20.7 Å². The summed E-state index contributed by atoms with van der Waals surface area (Å²) in [6, 6.07) is 9.34. The van der Waals surface area contributed by atoms with Crippen LogP contribution in [0.2, 0.25) is 0 Å². The summed E-state index contributed by atoms with van der Waals surface area (Å²) in [5, 5.41) is 20.5. The van der Waals surface area contributed by atoms with Crippen molar-refractivity contribution in [1.29, 1.82) is 0 Å². The van der Waals surface area contributed by atoms with Crippen LogP contribution in [0.3, 0.4) is 0 Å². The zero-order valence-electron chi connectivity index (χ0n) is 12.5. The van der Waals surface area contributed by atoms with E-state index in [1.54, 1.807) is 30.3 Å². The van der Waals surface area contributed by atoms with Gasteiger partial charge >= 0.3 is 35.5 Å². The van der Waals surface area contributed by atoms with Crippen LogP contribution in [0.25, 0.3) is 0 Å². The van der Waals surface area contributed by atoms with Gasteiger partial charge in [-0.15, -0.1) is 0 Å². The molecule has 122 valence electrons. The number of carboxylic acids is 1. The molecule has 5 nitrogen and oxygen atoms in total. The molecule has 0 aliphatic carbocycles. The first-order valence-corrected chi connectivity index (χ1v) is 9.76. The molecule has 0 saturated carbocycles. The van der Waals surface area contributed by atoms with Gasteiger partial charge in [0.05, 0.1) is 7.49 Å². The third kappa shape index (κ3) is 5.84. The first-order valence-electron chi connectivity index (χ1n) is 6.36. The summed E-state index contributed by atoms with van der Waals surface area (Å²) in [5.41, 5.74) is 6.45. The summed E-state index contributed by atoms with van der Waals surface area (Å²) in [4.78, 5) is 10.9. The Morgan fingerprint density at radius 2 is 1.75 bits per heavy atom. The summed E-state index contributed by atoms with van der Waals surface area (Å²) < 4.78 is 6.78. The predicted octanol–water partition coefficient (Wildman–Crippen LogP) is 0.654. The third-order valence-electron chi connectivity index (χ3n) is 3.01. The van der Waals surface area contributed by atoms with Gasteiger partial charge in [-0.3, -0.25) is 4.79 Å². The molecule has 0 radical (unpaired) electrons. The Bertz CT molecular complexity index is 727. The van der Waals surface area contributed by atoms with E-state index in [4.69, 9.17) is 15.6 Å². The van der Waals surface area contributed by atoms with Gasteiger partial charge in [0, 0.05) is 3.57 Å². The molecule has 9 heteroatoms. The Morgan fingerprint density at radius 3 is 2.29 bits per heavy atom. The molecule has 0 fully saturated rings. The van der Waals surface area contributed by atoms with Crippen molar-refractivity contribution in [2.45, 2.75) is 9.97 Å². The van der Waals surface area contributed by atoms with Crippen LogP contribution in [0, 0.1) is 7.14 Å². The molecule has 0 spiro atoms. The van der Waals surface area contributed by atoms with Crippen LogP contribution >= 0.6 is 67.8 Å². The maximum Gasteiger partial charge on any atom is 1.00 e. The van der Waals surface area contributed by atoms with Crippen molar-refractivity contribution in [2.24, 2.45) is 5.73 Å². The first-order chi connectivity index (χ1) is 10.8. The summed E-state index contributed by atoms with van der Waals surface area (Å²) in [5.74, 6) is 0.142. The minimum atomic E-state index is -1.04. The fourth-order valence-corrected chi connectivity index (χ4v) is 3.48. The number of hydrogen-bond donors (Lipinski definition) is 2. The molecule has 2 aromatic rings. The fourth-order valence-electron chi connectivity index (χ4n) is 1.77. The standard InChI is InChI=1S/C15H12I3NO4.Na/c16-9-6-12(10(17)5-11(9)20)23-8-3-1-7(2-4-8)13(18)14(19)15(21)22;/h1-6,13-14,20H,19H2,(H,21,22);/q;+1/p-1/t13?,14-;/m0./s1. The normalized spacial score (nSPS) is 12.8. The topological polar surface area (TPSA) is 95.6 Å². The quantitative estimate of drug-likeness (QED) is 0.277. The van der Waals surface area contributed by atoms with Gasteiger partial charge in [0.1, 0.15) is 17.5 Å². The molecule has 3 N–H and O–H groups in total. The molecule has 0 saturated heterocycles. The van der Waals surface area contributed by atoms with Crippen molar-refractivity contribution in [3.8, 4) is 17.2 Å². The Kier molecular flexibility index (Phi) is 9.57. The predicted molar refractivity (Wildman–Crippen MR) is 110 cm³/mol. The molecule has 2 rings (SSSR count). The summed E-state index contributed by atoms with van der Waals surface area (Å²) in [6.45, 7) is 0. The molecule has 0 amide bonds. The van der Waals surface area contributed by atoms with Gasteiger partial charge in [0.25, 0.3) is 0 Å². The zero-order valence-corrected chi connectivity index (χ0v) is 21.0. The maximum absolute atomic E-state index is 11.6. The summed E-state index contributed by atoms with van der Waals surface area (Å²) in [7, 11) is 0. The van der Waals surface area contributed by atoms with Crippen molar-refractivity contribution in [3.63, 3.8) is 0 Å². The SMILES string of the molecule is N[C@H](C(=O)O)C(I)c1ccc(Oc2cc(I)c([O-])cc2I)cc1.[Na+]. The Morgan fingerprint density at radius 1 is 1.17 bits per heavy atom. The van der Waals surface area contributed by atoms with Gasteiger partial charge in [-0.25, -0.2) is 0 Å². The van der Waals surface area contributed by atoms with E-state index in [1.165, 1.54) is 6.07 Å². The first kappa shape index (κ1) is 22.7. The number of hydrogen-bond acceptors (Lipinski definition) is 4. The second-order valence-corrected chi connectivity index (χ2v) is 8.32. The molecule has 2 aromatic carbocycles. The molecule has 2 atom stereocenters. The van der Waals surface area contributed by atoms with E-state index >= 15 is 0 Å². The molecule has 0 aliphatic heterocycles. The Balaban J connectivity index is 0.00000288. The Hall–Kier alpha value is 0.660. The summed E-state index contributed by atoms with van der Waals surface area (Å²) >= 11 is 6.04. The average molecular weight is 673 g/mol. The number of carboxylic acid groups (broad SMARTS) is 1. The minimum Gasteiger partial charge on any atom is -0.872 e. The largest absolute Gasteiger partial charge is 1.00 e. The number of rotatable bonds is 5. The van der Waals surface area contributed by atoms with E-state index in [2.05, 4.69) is 22.6 Å². The van der Waals surface area contributed by atoms with Gasteiger partial charge in [-0.05, 0) is 68.9 Å².